The average molecular weight is 595 g/mol. The number of rotatable bonds is 8. The maximum absolute atomic E-state index is 14.2. The molecule has 0 aliphatic carbocycles. The van der Waals surface area contributed by atoms with Crippen molar-refractivity contribution in [3.05, 3.63) is 93.4 Å². The quantitative estimate of drug-likeness (QED) is 0.290. The molecule has 2 N–H and O–H groups in total. The molecule has 5 rings (SSSR count). The van der Waals surface area contributed by atoms with Crippen molar-refractivity contribution in [2.75, 3.05) is 24.9 Å². The van der Waals surface area contributed by atoms with Crippen molar-refractivity contribution in [2.24, 2.45) is 0 Å². The number of carbonyl (C=O) groups excluding carboxylic acids is 1. The van der Waals surface area contributed by atoms with Crippen molar-refractivity contribution in [1.29, 1.82) is 0 Å². The van der Waals surface area contributed by atoms with Gasteiger partial charge in [0.2, 0.25) is 5.95 Å². The van der Waals surface area contributed by atoms with Crippen LogP contribution in [0.3, 0.4) is 0 Å². The SMILES string of the molecule is COc1ccccc1NC(=O)C1=C(C)Nc2nnnn2C1c1cc(Br)c(OCc2ccccc2F)c(OC)c1. The number of para-hydroxylation sites is 2. The number of aromatic nitrogens is 4. The lowest BCUT2D eigenvalue weighted by atomic mass is 9.94. The number of halogens is 2. The van der Waals surface area contributed by atoms with Gasteiger partial charge in [-0.2, -0.15) is 4.68 Å². The minimum Gasteiger partial charge on any atom is -0.495 e. The summed E-state index contributed by atoms with van der Waals surface area (Å²) in [4.78, 5) is 13.7. The molecule has 4 aromatic rings. The number of tetrazole rings is 1. The number of hydrogen-bond donors (Lipinski definition) is 2. The first kappa shape index (κ1) is 26.2. The van der Waals surface area contributed by atoms with Crippen LogP contribution >= 0.6 is 15.9 Å². The van der Waals surface area contributed by atoms with Crippen LogP contribution in [0.5, 0.6) is 17.2 Å². The number of hydrogen-bond acceptors (Lipinski definition) is 8. The lowest BCUT2D eigenvalue weighted by molar-refractivity contribution is -0.113. The fourth-order valence-electron chi connectivity index (χ4n) is 4.36. The number of carbonyl (C=O) groups is 1. The van der Waals surface area contributed by atoms with E-state index in [1.165, 1.54) is 25.0 Å². The third kappa shape index (κ3) is 5.15. The van der Waals surface area contributed by atoms with Crippen molar-refractivity contribution < 1.29 is 23.4 Å². The van der Waals surface area contributed by atoms with Crippen LogP contribution in [0.2, 0.25) is 0 Å². The van der Waals surface area contributed by atoms with Gasteiger partial charge in [-0.3, -0.25) is 4.79 Å². The number of allylic oxidation sites excluding steroid dienone is 1. The summed E-state index contributed by atoms with van der Waals surface area (Å²) < 4.78 is 33.2. The molecule has 0 fully saturated rings. The number of anilines is 2. The number of nitrogens with zero attached hydrogens (tertiary/aromatic N) is 4. The Bertz CT molecular complexity index is 1570. The summed E-state index contributed by atoms with van der Waals surface area (Å²) in [5.74, 6) is 0.929. The van der Waals surface area contributed by atoms with Crippen LogP contribution in [-0.2, 0) is 11.4 Å². The first-order valence-corrected chi connectivity index (χ1v) is 12.6. The first-order valence-electron chi connectivity index (χ1n) is 11.8. The third-order valence-corrected chi connectivity index (χ3v) is 6.80. The summed E-state index contributed by atoms with van der Waals surface area (Å²) in [5.41, 5.74) is 2.53. The standard InChI is InChI=1S/C27H24BrFN6O4/c1-15-23(26(36)31-20-10-6-7-11-21(20)37-2)24(35-27(30-15)32-33-34-35)17-12-18(28)25(22(13-17)38-3)39-14-16-8-4-5-9-19(16)29/h4-13,24H,14H2,1-3H3,(H,31,36)(H,30,32,34). The molecule has 12 heteroatoms. The number of fused-ring (bicyclic) bond motifs is 1. The van der Waals surface area contributed by atoms with E-state index in [1.807, 2.05) is 6.07 Å². The van der Waals surface area contributed by atoms with E-state index in [0.717, 1.165) is 0 Å². The van der Waals surface area contributed by atoms with E-state index >= 15 is 0 Å². The van der Waals surface area contributed by atoms with Crippen LogP contribution in [0.1, 0.15) is 24.1 Å². The lowest BCUT2D eigenvalue weighted by Crippen LogP contribution is -2.31. The number of methoxy groups -OCH3 is 2. The molecule has 3 aromatic carbocycles. The molecule has 2 heterocycles. The summed E-state index contributed by atoms with van der Waals surface area (Å²) in [6.45, 7) is 1.78. The van der Waals surface area contributed by atoms with Gasteiger partial charge in [-0.1, -0.05) is 35.4 Å². The molecular weight excluding hydrogens is 571 g/mol. The van der Waals surface area contributed by atoms with E-state index in [4.69, 9.17) is 14.2 Å². The van der Waals surface area contributed by atoms with E-state index < -0.39 is 6.04 Å². The van der Waals surface area contributed by atoms with Gasteiger partial charge in [0, 0.05) is 11.3 Å². The number of benzene rings is 3. The van der Waals surface area contributed by atoms with E-state index in [1.54, 1.807) is 55.5 Å². The Kier molecular flexibility index (Phi) is 7.46. The molecule has 1 aromatic heterocycles. The van der Waals surface area contributed by atoms with E-state index in [0.29, 0.717) is 55.8 Å². The highest BCUT2D eigenvalue weighted by Crippen LogP contribution is 2.43. The molecule has 0 saturated carbocycles. The fourth-order valence-corrected chi connectivity index (χ4v) is 4.93. The molecule has 0 bridgehead atoms. The molecule has 1 aliphatic rings. The van der Waals surface area contributed by atoms with Crippen LogP contribution < -0.4 is 24.8 Å². The summed E-state index contributed by atoms with van der Waals surface area (Å²) in [6.07, 6.45) is 0. The summed E-state index contributed by atoms with van der Waals surface area (Å²) in [5, 5.41) is 18.0. The second kappa shape index (κ2) is 11.1. The van der Waals surface area contributed by atoms with Crippen LogP contribution in [-0.4, -0.2) is 40.3 Å². The maximum Gasteiger partial charge on any atom is 0.255 e. The van der Waals surface area contributed by atoms with Crippen LogP contribution in [0.4, 0.5) is 16.0 Å². The lowest BCUT2D eigenvalue weighted by Gasteiger charge is -2.28. The van der Waals surface area contributed by atoms with Crippen molar-refractivity contribution in [3.63, 3.8) is 0 Å². The zero-order valence-corrected chi connectivity index (χ0v) is 22.8. The van der Waals surface area contributed by atoms with Gasteiger partial charge in [-0.05, 0) is 69.2 Å². The zero-order chi connectivity index (χ0) is 27.5. The van der Waals surface area contributed by atoms with E-state index in [9.17, 15) is 9.18 Å². The Morgan fingerprint density at radius 2 is 1.85 bits per heavy atom. The highest BCUT2D eigenvalue weighted by molar-refractivity contribution is 9.10. The van der Waals surface area contributed by atoms with Crippen LogP contribution in [0.25, 0.3) is 0 Å². The summed E-state index contributed by atoms with van der Waals surface area (Å²) in [7, 11) is 3.04. The largest absolute Gasteiger partial charge is 0.495 e. The topological polar surface area (TPSA) is 112 Å². The molecule has 39 heavy (non-hydrogen) atoms. The Balaban J connectivity index is 1.53. The van der Waals surface area contributed by atoms with Crippen molar-refractivity contribution in [2.45, 2.75) is 19.6 Å². The molecular formula is C27H24BrFN6O4. The van der Waals surface area contributed by atoms with Crippen LogP contribution in [0, 0.1) is 5.82 Å². The number of ether oxygens (including phenoxy) is 3. The van der Waals surface area contributed by atoms with Gasteiger partial charge >= 0.3 is 0 Å². The van der Waals surface area contributed by atoms with Gasteiger partial charge < -0.3 is 24.8 Å². The second-order valence-corrected chi connectivity index (χ2v) is 9.44. The molecule has 0 saturated heterocycles. The van der Waals surface area contributed by atoms with Gasteiger partial charge in [-0.15, -0.1) is 0 Å². The van der Waals surface area contributed by atoms with Crippen LogP contribution in [0.15, 0.2) is 76.4 Å². The summed E-state index contributed by atoms with van der Waals surface area (Å²) >= 11 is 3.56. The molecule has 1 amide bonds. The second-order valence-electron chi connectivity index (χ2n) is 8.58. The van der Waals surface area contributed by atoms with Crippen molar-refractivity contribution >= 4 is 33.5 Å². The monoisotopic (exact) mass is 594 g/mol. The van der Waals surface area contributed by atoms with Crippen molar-refractivity contribution in [1.82, 2.24) is 20.2 Å². The molecule has 10 nitrogen and oxygen atoms in total. The average Bonchev–Trinajstić information content (AvgIpc) is 3.40. The van der Waals surface area contributed by atoms with Gasteiger partial charge in [-0.25, -0.2) is 4.39 Å². The Labute approximate surface area is 231 Å². The molecule has 1 unspecified atom stereocenters. The normalized spacial score (nSPS) is 14.3. The molecule has 1 aliphatic heterocycles. The van der Waals surface area contributed by atoms with Gasteiger partial charge in [0.25, 0.3) is 5.91 Å². The van der Waals surface area contributed by atoms with E-state index in [-0.39, 0.29) is 18.3 Å². The number of nitrogens with one attached hydrogen (secondary N) is 2. The Morgan fingerprint density at radius 1 is 1.10 bits per heavy atom. The predicted octanol–water partition coefficient (Wildman–Crippen LogP) is 5.10. The molecule has 200 valence electrons. The zero-order valence-electron chi connectivity index (χ0n) is 21.2. The van der Waals surface area contributed by atoms with Gasteiger partial charge in [0.15, 0.2) is 11.5 Å². The first-order chi connectivity index (χ1) is 18.9. The Hall–Kier alpha value is -4.45. The molecule has 0 radical (unpaired) electrons. The smallest absolute Gasteiger partial charge is 0.255 e. The Morgan fingerprint density at radius 3 is 2.62 bits per heavy atom. The van der Waals surface area contributed by atoms with Gasteiger partial charge in [0.05, 0.1) is 30.0 Å². The molecule has 1 atom stereocenters. The van der Waals surface area contributed by atoms with E-state index in [2.05, 4.69) is 42.1 Å². The van der Waals surface area contributed by atoms with Crippen molar-refractivity contribution in [3.8, 4) is 17.2 Å². The predicted molar refractivity (Wildman–Crippen MR) is 145 cm³/mol. The minimum atomic E-state index is -0.711. The number of amides is 1. The molecule has 0 spiro atoms. The summed E-state index contributed by atoms with van der Waals surface area (Å²) in [6, 6.07) is 16.3. The fraction of sp³-hybridized carbons (Fsp3) is 0.185. The van der Waals surface area contributed by atoms with Gasteiger partial charge in [0.1, 0.15) is 24.2 Å². The highest BCUT2D eigenvalue weighted by atomic mass is 79.9. The maximum atomic E-state index is 14.2. The minimum absolute atomic E-state index is 0.00293. The third-order valence-electron chi connectivity index (χ3n) is 6.21. The highest BCUT2D eigenvalue weighted by Gasteiger charge is 2.35.